The van der Waals surface area contributed by atoms with E-state index in [4.69, 9.17) is 12.2 Å². The fourth-order valence-corrected chi connectivity index (χ4v) is 2.16. The van der Waals surface area contributed by atoms with Crippen molar-refractivity contribution in [3.05, 3.63) is 64.9 Å². The zero-order chi connectivity index (χ0) is 14.1. The van der Waals surface area contributed by atoms with E-state index in [0.29, 0.717) is 21.8 Å². The second kappa shape index (κ2) is 4.97. The molecular weight excluding hydrogens is 280 g/mol. The monoisotopic (exact) mass is 289 g/mol. The topological polar surface area (TPSA) is 33.6 Å². The summed E-state index contributed by atoms with van der Waals surface area (Å²) >= 11 is 5.19. The summed E-state index contributed by atoms with van der Waals surface area (Å²) < 4.78 is 28.0. The third kappa shape index (κ3) is 2.25. The molecule has 0 saturated carbocycles. The third-order valence-corrected chi connectivity index (χ3v) is 3.13. The van der Waals surface area contributed by atoms with Crippen molar-refractivity contribution in [2.45, 2.75) is 0 Å². The lowest BCUT2D eigenvalue weighted by atomic mass is 10.2. The molecule has 0 aliphatic carbocycles. The second-order valence-electron chi connectivity index (χ2n) is 4.17. The number of halogens is 2. The molecule has 0 aliphatic rings. The molecule has 1 N–H and O–H groups in total. The summed E-state index contributed by atoms with van der Waals surface area (Å²) in [5.74, 6) is -0.107. The Kier molecular flexibility index (Phi) is 3.15. The smallest absolute Gasteiger partial charge is 0.200 e. The Morgan fingerprint density at radius 1 is 0.900 bits per heavy atom. The SMILES string of the molecule is Fc1ccc(-c2n[nH]c(=S)n2-c2ccc(F)cc2)cc1. The van der Waals surface area contributed by atoms with Gasteiger partial charge in [0.2, 0.25) is 0 Å². The zero-order valence-corrected chi connectivity index (χ0v) is 11.0. The average Bonchev–Trinajstić information content (AvgIpc) is 2.83. The van der Waals surface area contributed by atoms with Crippen LogP contribution in [0.25, 0.3) is 17.1 Å². The van der Waals surface area contributed by atoms with Crippen LogP contribution >= 0.6 is 12.2 Å². The Balaban J connectivity index is 2.17. The molecule has 0 radical (unpaired) electrons. The molecule has 0 atom stereocenters. The first-order valence-corrected chi connectivity index (χ1v) is 6.25. The summed E-state index contributed by atoms with van der Waals surface area (Å²) in [4.78, 5) is 0. The third-order valence-electron chi connectivity index (χ3n) is 2.86. The molecule has 6 heteroatoms. The Labute approximate surface area is 118 Å². The van der Waals surface area contributed by atoms with Crippen molar-refractivity contribution in [2.24, 2.45) is 0 Å². The van der Waals surface area contributed by atoms with Gasteiger partial charge >= 0.3 is 0 Å². The van der Waals surface area contributed by atoms with Crippen molar-refractivity contribution in [3.63, 3.8) is 0 Å². The molecule has 0 fully saturated rings. The normalized spacial score (nSPS) is 10.7. The van der Waals surface area contributed by atoms with Gasteiger partial charge in [-0.05, 0) is 60.7 Å². The highest BCUT2D eigenvalue weighted by Crippen LogP contribution is 2.21. The van der Waals surface area contributed by atoms with Crippen molar-refractivity contribution in [3.8, 4) is 17.1 Å². The average molecular weight is 289 g/mol. The van der Waals surface area contributed by atoms with Crippen LogP contribution in [-0.4, -0.2) is 14.8 Å². The number of nitrogens with one attached hydrogen (secondary N) is 1. The fraction of sp³-hybridized carbons (Fsp3) is 0. The fourth-order valence-electron chi connectivity index (χ4n) is 1.92. The summed E-state index contributed by atoms with van der Waals surface area (Å²) in [5, 5.41) is 6.84. The first-order valence-electron chi connectivity index (χ1n) is 5.84. The lowest BCUT2D eigenvalue weighted by Gasteiger charge is -2.06. The van der Waals surface area contributed by atoms with E-state index in [2.05, 4.69) is 10.2 Å². The number of rotatable bonds is 2. The van der Waals surface area contributed by atoms with E-state index in [1.54, 1.807) is 28.8 Å². The summed E-state index contributed by atoms with van der Waals surface area (Å²) in [6.07, 6.45) is 0. The molecule has 0 saturated heterocycles. The molecule has 0 bridgehead atoms. The van der Waals surface area contributed by atoms with Gasteiger partial charge in [0, 0.05) is 5.56 Å². The lowest BCUT2D eigenvalue weighted by molar-refractivity contribution is 0.627. The summed E-state index contributed by atoms with van der Waals surface area (Å²) in [6, 6.07) is 11.8. The lowest BCUT2D eigenvalue weighted by Crippen LogP contribution is -1.97. The maximum absolute atomic E-state index is 13.0. The van der Waals surface area contributed by atoms with Crippen LogP contribution in [0.3, 0.4) is 0 Å². The van der Waals surface area contributed by atoms with E-state index in [9.17, 15) is 8.78 Å². The highest BCUT2D eigenvalue weighted by Gasteiger charge is 2.10. The van der Waals surface area contributed by atoms with Gasteiger partial charge < -0.3 is 0 Å². The number of nitrogens with zero attached hydrogens (tertiary/aromatic N) is 2. The molecular formula is C14H9F2N3S. The maximum Gasteiger partial charge on any atom is 0.200 e. The van der Waals surface area contributed by atoms with Gasteiger partial charge in [-0.25, -0.2) is 8.78 Å². The quantitative estimate of drug-likeness (QED) is 0.726. The molecule has 3 rings (SSSR count). The zero-order valence-electron chi connectivity index (χ0n) is 10.2. The largest absolute Gasteiger partial charge is 0.268 e. The standard InChI is InChI=1S/C14H9F2N3S/c15-10-3-1-9(2-4-10)13-17-18-14(20)19(13)12-7-5-11(16)6-8-12/h1-8H,(H,18,20). The second-order valence-corrected chi connectivity index (χ2v) is 4.56. The molecule has 1 heterocycles. The molecule has 0 amide bonds. The number of hydrogen-bond acceptors (Lipinski definition) is 2. The first kappa shape index (κ1) is 12.7. The Hall–Kier alpha value is -2.34. The minimum absolute atomic E-state index is 0.323. The number of hydrogen-bond donors (Lipinski definition) is 1. The van der Waals surface area contributed by atoms with Gasteiger partial charge in [-0.2, -0.15) is 5.10 Å². The Morgan fingerprint density at radius 2 is 1.45 bits per heavy atom. The van der Waals surface area contributed by atoms with Crippen LogP contribution in [0.2, 0.25) is 0 Å². The van der Waals surface area contributed by atoms with E-state index < -0.39 is 0 Å². The van der Waals surface area contributed by atoms with Crippen LogP contribution < -0.4 is 0 Å². The van der Waals surface area contributed by atoms with Gasteiger partial charge in [-0.15, -0.1) is 0 Å². The van der Waals surface area contributed by atoms with Gasteiger partial charge in [0.15, 0.2) is 10.6 Å². The van der Waals surface area contributed by atoms with E-state index in [-0.39, 0.29) is 11.6 Å². The van der Waals surface area contributed by atoms with Crippen LogP contribution in [0.1, 0.15) is 0 Å². The number of aromatic amines is 1. The predicted octanol–water partition coefficient (Wildman–Crippen LogP) is 3.88. The van der Waals surface area contributed by atoms with E-state index in [1.165, 1.54) is 24.3 Å². The molecule has 0 unspecified atom stereocenters. The van der Waals surface area contributed by atoms with Gasteiger partial charge in [-0.3, -0.25) is 9.67 Å². The minimum atomic E-state index is -0.327. The molecule has 0 aliphatic heterocycles. The van der Waals surface area contributed by atoms with E-state index >= 15 is 0 Å². The maximum atomic E-state index is 13.0. The summed E-state index contributed by atoms with van der Waals surface area (Å²) in [7, 11) is 0. The van der Waals surface area contributed by atoms with Crippen LogP contribution in [-0.2, 0) is 0 Å². The minimum Gasteiger partial charge on any atom is -0.268 e. The van der Waals surface area contributed by atoms with Gasteiger partial charge in [-0.1, -0.05) is 0 Å². The van der Waals surface area contributed by atoms with Gasteiger partial charge in [0.05, 0.1) is 5.69 Å². The number of H-pyrrole nitrogens is 1. The first-order chi connectivity index (χ1) is 9.65. The number of benzene rings is 2. The predicted molar refractivity (Wildman–Crippen MR) is 74.1 cm³/mol. The molecule has 3 aromatic rings. The van der Waals surface area contributed by atoms with Crippen molar-refractivity contribution in [1.82, 2.24) is 14.8 Å². The highest BCUT2D eigenvalue weighted by molar-refractivity contribution is 7.71. The van der Waals surface area contributed by atoms with Crippen LogP contribution in [0.15, 0.2) is 48.5 Å². The molecule has 3 nitrogen and oxygen atoms in total. The number of aromatic nitrogens is 3. The molecule has 2 aromatic carbocycles. The molecule has 0 spiro atoms. The van der Waals surface area contributed by atoms with Crippen LogP contribution in [0.5, 0.6) is 0 Å². The van der Waals surface area contributed by atoms with Gasteiger partial charge in [0.1, 0.15) is 11.6 Å². The van der Waals surface area contributed by atoms with Crippen molar-refractivity contribution < 1.29 is 8.78 Å². The van der Waals surface area contributed by atoms with E-state index in [0.717, 1.165) is 0 Å². The van der Waals surface area contributed by atoms with Crippen molar-refractivity contribution in [2.75, 3.05) is 0 Å². The van der Waals surface area contributed by atoms with Crippen LogP contribution in [0.4, 0.5) is 8.78 Å². The molecule has 100 valence electrons. The van der Waals surface area contributed by atoms with Crippen molar-refractivity contribution >= 4 is 12.2 Å². The van der Waals surface area contributed by atoms with Crippen molar-refractivity contribution in [1.29, 1.82) is 0 Å². The Morgan fingerprint density at radius 3 is 2.05 bits per heavy atom. The summed E-state index contributed by atoms with van der Waals surface area (Å²) in [6.45, 7) is 0. The highest BCUT2D eigenvalue weighted by atomic mass is 32.1. The molecule has 1 aromatic heterocycles. The van der Waals surface area contributed by atoms with Crippen LogP contribution in [0, 0.1) is 16.4 Å². The molecule has 20 heavy (non-hydrogen) atoms. The van der Waals surface area contributed by atoms with Gasteiger partial charge in [0.25, 0.3) is 0 Å². The Bertz CT molecular complexity index is 789. The summed E-state index contributed by atoms with van der Waals surface area (Å²) in [5.41, 5.74) is 1.40. The van der Waals surface area contributed by atoms with E-state index in [1.807, 2.05) is 0 Å².